The van der Waals surface area contributed by atoms with Crippen LogP contribution in [-0.4, -0.2) is 15.7 Å². The van der Waals surface area contributed by atoms with Gasteiger partial charge in [0.25, 0.3) is 0 Å². The summed E-state index contributed by atoms with van der Waals surface area (Å²) < 4.78 is 2.29. The highest BCUT2D eigenvalue weighted by atomic mass is 35.5. The predicted molar refractivity (Wildman–Crippen MR) is 86.9 cm³/mol. The Kier molecular flexibility index (Phi) is 6.81. The molecule has 2 unspecified atom stereocenters. The highest BCUT2D eigenvalue weighted by Gasteiger charge is 2.20. The van der Waals surface area contributed by atoms with Gasteiger partial charge in [-0.25, -0.2) is 0 Å². The molecule has 1 rings (SSSR count). The van der Waals surface area contributed by atoms with Crippen LogP contribution >= 0.6 is 11.6 Å². The van der Waals surface area contributed by atoms with Crippen molar-refractivity contribution in [3.8, 4) is 0 Å². The number of rotatable bonds is 8. The van der Waals surface area contributed by atoms with Gasteiger partial charge in [-0.1, -0.05) is 33.1 Å². The summed E-state index contributed by atoms with van der Waals surface area (Å²) in [5, 5.41) is -0.453. The molecular weight excluding hydrogens is 270 g/mol. The first kappa shape index (κ1) is 17.3. The lowest BCUT2D eigenvalue weighted by molar-refractivity contribution is 0.0991. The molecule has 1 heterocycles. The Morgan fingerprint density at radius 2 is 2.00 bits per heavy atom. The first-order valence-electron chi connectivity index (χ1n) is 7.77. The number of aryl methyl sites for hydroxylation is 1. The van der Waals surface area contributed by atoms with Crippen molar-refractivity contribution in [1.29, 1.82) is 0 Å². The molecule has 0 saturated heterocycles. The van der Waals surface area contributed by atoms with Gasteiger partial charge < -0.3 is 4.57 Å². The fourth-order valence-corrected chi connectivity index (χ4v) is 2.84. The van der Waals surface area contributed by atoms with Gasteiger partial charge in [0.1, 0.15) is 0 Å². The Balaban J connectivity index is 2.93. The first-order valence-corrected chi connectivity index (χ1v) is 8.20. The Bertz CT molecular complexity index is 448. The molecule has 20 heavy (non-hydrogen) atoms. The van der Waals surface area contributed by atoms with Crippen LogP contribution in [-0.2, 0) is 6.54 Å². The van der Waals surface area contributed by atoms with Gasteiger partial charge in [-0.15, -0.1) is 11.6 Å². The zero-order chi connectivity index (χ0) is 15.3. The van der Waals surface area contributed by atoms with Gasteiger partial charge in [0.05, 0.1) is 5.38 Å². The number of unbranched alkanes of at least 4 members (excludes halogenated alkanes) is 1. The van der Waals surface area contributed by atoms with E-state index in [1.54, 1.807) is 6.92 Å². The van der Waals surface area contributed by atoms with Crippen LogP contribution in [0.4, 0.5) is 0 Å². The summed E-state index contributed by atoms with van der Waals surface area (Å²) in [7, 11) is 0. The lowest BCUT2D eigenvalue weighted by Gasteiger charge is -2.18. The lowest BCUT2D eigenvalue weighted by Crippen LogP contribution is -2.15. The maximum absolute atomic E-state index is 12.1. The lowest BCUT2D eigenvalue weighted by atomic mass is 9.99. The molecule has 0 fully saturated rings. The number of carbonyl (C=O) groups is 1. The second kappa shape index (κ2) is 7.87. The largest absolute Gasteiger partial charge is 0.348 e. The molecule has 0 aliphatic rings. The van der Waals surface area contributed by atoms with E-state index in [0.29, 0.717) is 5.92 Å². The van der Waals surface area contributed by atoms with Gasteiger partial charge in [0.2, 0.25) is 0 Å². The Morgan fingerprint density at radius 1 is 1.35 bits per heavy atom. The second-order valence-electron chi connectivity index (χ2n) is 5.79. The van der Waals surface area contributed by atoms with Crippen LogP contribution in [0.1, 0.15) is 68.2 Å². The van der Waals surface area contributed by atoms with Gasteiger partial charge >= 0.3 is 0 Å². The van der Waals surface area contributed by atoms with Crippen LogP contribution in [0.2, 0.25) is 0 Å². The molecule has 3 heteroatoms. The van der Waals surface area contributed by atoms with E-state index in [1.807, 2.05) is 13.0 Å². The smallest absolute Gasteiger partial charge is 0.182 e. The SMILES string of the molecule is CCCCC(CC)Cn1c(C)cc(C(=O)C(C)Cl)c1C. The van der Waals surface area contributed by atoms with E-state index in [1.165, 1.54) is 25.7 Å². The molecule has 0 aromatic carbocycles. The summed E-state index contributed by atoms with van der Waals surface area (Å²) in [5.74, 6) is 0.726. The van der Waals surface area contributed by atoms with E-state index in [0.717, 1.165) is 23.5 Å². The van der Waals surface area contributed by atoms with E-state index >= 15 is 0 Å². The Labute approximate surface area is 128 Å². The fourth-order valence-electron chi connectivity index (χ4n) is 2.72. The molecule has 0 radical (unpaired) electrons. The highest BCUT2D eigenvalue weighted by Crippen LogP contribution is 2.22. The van der Waals surface area contributed by atoms with Crippen LogP contribution in [0, 0.1) is 19.8 Å². The zero-order valence-electron chi connectivity index (χ0n) is 13.5. The topological polar surface area (TPSA) is 22.0 Å². The number of ketones is 1. The molecule has 1 aromatic rings. The maximum atomic E-state index is 12.1. The number of aromatic nitrogens is 1. The molecule has 0 saturated carbocycles. The van der Waals surface area contributed by atoms with Gasteiger partial charge in [-0.05, 0) is 39.2 Å². The van der Waals surface area contributed by atoms with E-state index in [-0.39, 0.29) is 5.78 Å². The van der Waals surface area contributed by atoms with Crippen LogP contribution in [0.3, 0.4) is 0 Å². The Morgan fingerprint density at radius 3 is 2.50 bits per heavy atom. The van der Waals surface area contributed by atoms with Gasteiger partial charge in [-0.2, -0.15) is 0 Å². The number of nitrogens with zero attached hydrogens (tertiary/aromatic N) is 1. The quantitative estimate of drug-likeness (QED) is 0.481. The summed E-state index contributed by atoms with van der Waals surface area (Å²) in [6.07, 6.45) is 4.97. The molecule has 2 atom stereocenters. The third-order valence-electron chi connectivity index (χ3n) is 4.18. The van der Waals surface area contributed by atoms with Crippen molar-refractivity contribution in [2.45, 2.75) is 72.2 Å². The molecule has 0 aliphatic carbocycles. The number of hydrogen-bond donors (Lipinski definition) is 0. The number of carbonyl (C=O) groups excluding carboxylic acids is 1. The van der Waals surface area contributed by atoms with Crippen molar-refractivity contribution < 1.29 is 4.79 Å². The third kappa shape index (κ3) is 4.12. The summed E-state index contributed by atoms with van der Waals surface area (Å²) >= 11 is 5.94. The van der Waals surface area contributed by atoms with Crippen molar-refractivity contribution in [2.24, 2.45) is 5.92 Å². The predicted octanol–water partition coefficient (Wildman–Crippen LogP) is 5.13. The molecule has 2 nitrogen and oxygen atoms in total. The minimum atomic E-state index is -0.453. The second-order valence-corrected chi connectivity index (χ2v) is 6.45. The van der Waals surface area contributed by atoms with Crippen LogP contribution in [0.5, 0.6) is 0 Å². The van der Waals surface area contributed by atoms with E-state index in [9.17, 15) is 4.79 Å². The molecule has 114 valence electrons. The maximum Gasteiger partial charge on any atom is 0.182 e. The molecular formula is C17H28ClNO. The molecule has 0 N–H and O–H groups in total. The van der Waals surface area contributed by atoms with Crippen LogP contribution in [0.15, 0.2) is 6.07 Å². The van der Waals surface area contributed by atoms with Crippen molar-refractivity contribution in [3.63, 3.8) is 0 Å². The van der Waals surface area contributed by atoms with Gasteiger partial charge in [0, 0.05) is 23.5 Å². The number of halogens is 1. The number of hydrogen-bond acceptors (Lipinski definition) is 1. The zero-order valence-corrected chi connectivity index (χ0v) is 14.3. The normalized spacial score (nSPS) is 14.3. The van der Waals surface area contributed by atoms with Crippen LogP contribution in [0.25, 0.3) is 0 Å². The van der Waals surface area contributed by atoms with Crippen LogP contribution < -0.4 is 0 Å². The van der Waals surface area contributed by atoms with E-state index in [2.05, 4.69) is 25.3 Å². The van der Waals surface area contributed by atoms with Gasteiger partial charge in [-0.3, -0.25) is 4.79 Å². The minimum Gasteiger partial charge on any atom is -0.348 e. The highest BCUT2D eigenvalue weighted by molar-refractivity contribution is 6.33. The average molecular weight is 298 g/mol. The molecule has 0 aliphatic heterocycles. The van der Waals surface area contributed by atoms with E-state index < -0.39 is 5.38 Å². The molecule has 0 amide bonds. The first-order chi connectivity index (χ1) is 9.42. The summed E-state index contributed by atoms with van der Waals surface area (Å²) in [4.78, 5) is 12.1. The van der Waals surface area contributed by atoms with Crippen molar-refractivity contribution >= 4 is 17.4 Å². The van der Waals surface area contributed by atoms with Crippen molar-refractivity contribution in [2.75, 3.05) is 0 Å². The standard InChI is InChI=1S/C17H28ClNO/c1-6-8-9-15(7-2)11-19-12(3)10-16(14(19)5)17(20)13(4)18/h10,13,15H,6-9,11H2,1-5H3. The molecule has 0 spiro atoms. The summed E-state index contributed by atoms with van der Waals surface area (Å²) in [6, 6.07) is 1.99. The third-order valence-corrected chi connectivity index (χ3v) is 4.38. The summed E-state index contributed by atoms with van der Waals surface area (Å²) in [5.41, 5.74) is 3.02. The Hall–Kier alpha value is -0.760. The average Bonchev–Trinajstić information content (AvgIpc) is 2.69. The number of alkyl halides is 1. The molecule has 0 bridgehead atoms. The monoisotopic (exact) mass is 297 g/mol. The summed E-state index contributed by atoms with van der Waals surface area (Å²) in [6.45, 7) is 11.4. The minimum absolute atomic E-state index is 0.0348. The van der Waals surface area contributed by atoms with Crippen molar-refractivity contribution in [1.82, 2.24) is 4.57 Å². The van der Waals surface area contributed by atoms with Gasteiger partial charge in [0.15, 0.2) is 5.78 Å². The van der Waals surface area contributed by atoms with Crippen molar-refractivity contribution in [3.05, 3.63) is 23.0 Å². The fraction of sp³-hybridized carbons (Fsp3) is 0.706. The number of Topliss-reactive ketones (excluding diaryl/α,β-unsaturated/α-hetero) is 1. The van der Waals surface area contributed by atoms with E-state index in [4.69, 9.17) is 11.6 Å². The molecule has 1 aromatic heterocycles.